The van der Waals surface area contributed by atoms with Crippen molar-refractivity contribution in [2.24, 2.45) is 5.41 Å². The van der Waals surface area contributed by atoms with Crippen LogP contribution in [-0.2, 0) is 9.59 Å². The lowest BCUT2D eigenvalue weighted by Crippen LogP contribution is -2.48. The van der Waals surface area contributed by atoms with Crippen LogP contribution < -0.4 is 0 Å². The minimum Gasteiger partial charge on any atom is -0.283 e. The van der Waals surface area contributed by atoms with Crippen molar-refractivity contribution in [2.75, 3.05) is 6.54 Å². The van der Waals surface area contributed by atoms with Crippen LogP contribution >= 0.6 is 0 Å². The van der Waals surface area contributed by atoms with Crippen molar-refractivity contribution in [3.63, 3.8) is 0 Å². The summed E-state index contributed by atoms with van der Waals surface area (Å²) in [6.45, 7) is 0.498. The molecule has 18 heavy (non-hydrogen) atoms. The number of terminal acetylenes is 1. The van der Waals surface area contributed by atoms with E-state index in [2.05, 4.69) is 5.92 Å². The van der Waals surface area contributed by atoms with Crippen LogP contribution in [0.25, 0.3) is 0 Å². The number of unbranched alkanes of at least 4 members (excludes halogenated alkanes) is 1. The number of imide groups is 1. The van der Waals surface area contributed by atoms with Crippen molar-refractivity contribution < 1.29 is 9.59 Å². The molecule has 0 radical (unpaired) electrons. The van der Waals surface area contributed by atoms with Gasteiger partial charge in [0.05, 0.1) is 0 Å². The zero-order valence-electron chi connectivity index (χ0n) is 10.9. The molecule has 0 atom stereocenters. The molecule has 3 nitrogen and oxygen atoms in total. The Balaban J connectivity index is 1.97. The van der Waals surface area contributed by atoms with Crippen LogP contribution in [0.2, 0.25) is 0 Å². The molecular formula is C15H21NO2. The van der Waals surface area contributed by atoms with Gasteiger partial charge in [-0.25, -0.2) is 0 Å². The highest BCUT2D eigenvalue weighted by Crippen LogP contribution is 2.45. The zero-order chi connectivity index (χ0) is 13.0. The minimum absolute atomic E-state index is 0.00493. The highest BCUT2D eigenvalue weighted by Gasteiger charge is 2.43. The number of hydrogen-bond acceptors (Lipinski definition) is 2. The van der Waals surface area contributed by atoms with Crippen molar-refractivity contribution in [1.82, 2.24) is 4.90 Å². The maximum atomic E-state index is 12.1. The van der Waals surface area contributed by atoms with Crippen molar-refractivity contribution in [2.45, 2.75) is 57.8 Å². The molecule has 0 aromatic carbocycles. The third-order valence-electron chi connectivity index (χ3n) is 4.27. The predicted molar refractivity (Wildman–Crippen MR) is 69.5 cm³/mol. The van der Waals surface area contributed by atoms with Gasteiger partial charge < -0.3 is 0 Å². The Kier molecular flexibility index (Phi) is 4.06. The number of carbonyl (C=O) groups excluding carboxylic acids is 2. The fraction of sp³-hybridized carbons (Fsp3) is 0.733. The first-order valence-corrected chi connectivity index (χ1v) is 6.94. The third-order valence-corrected chi connectivity index (χ3v) is 4.27. The molecular weight excluding hydrogens is 226 g/mol. The summed E-state index contributed by atoms with van der Waals surface area (Å²) in [5.74, 6) is 2.58. The first-order chi connectivity index (χ1) is 8.67. The van der Waals surface area contributed by atoms with E-state index in [-0.39, 0.29) is 17.2 Å². The minimum atomic E-state index is -0.00493. The largest absolute Gasteiger partial charge is 0.283 e. The second-order valence-corrected chi connectivity index (χ2v) is 5.66. The van der Waals surface area contributed by atoms with E-state index >= 15 is 0 Å². The van der Waals surface area contributed by atoms with Gasteiger partial charge >= 0.3 is 0 Å². The summed E-state index contributed by atoms with van der Waals surface area (Å²) in [7, 11) is 0. The number of piperidine rings is 1. The highest BCUT2D eigenvalue weighted by molar-refractivity contribution is 5.98. The van der Waals surface area contributed by atoms with E-state index in [9.17, 15) is 9.59 Å². The molecule has 2 fully saturated rings. The number of nitrogens with zero attached hydrogens (tertiary/aromatic N) is 1. The van der Waals surface area contributed by atoms with Gasteiger partial charge in [-0.1, -0.05) is 19.3 Å². The first kappa shape index (κ1) is 13.1. The Morgan fingerprint density at radius 3 is 2.28 bits per heavy atom. The van der Waals surface area contributed by atoms with Gasteiger partial charge in [0.15, 0.2) is 0 Å². The number of amides is 2. The predicted octanol–water partition coefficient (Wildman–Crippen LogP) is 2.50. The number of carbonyl (C=O) groups is 2. The van der Waals surface area contributed by atoms with Gasteiger partial charge in [0.25, 0.3) is 0 Å². The van der Waals surface area contributed by atoms with Crippen molar-refractivity contribution in [1.29, 1.82) is 0 Å². The second kappa shape index (κ2) is 5.56. The van der Waals surface area contributed by atoms with Crippen LogP contribution in [0.3, 0.4) is 0 Å². The van der Waals surface area contributed by atoms with Gasteiger partial charge in [0.2, 0.25) is 11.8 Å². The average Bonchev–Trinajstić information content (AvgIpc) is 2.34. The van der Waals surface area contributed by atoms with E-state index in [0.29, 0.717) is 25.8 Å². The molecule has 2 aliphatic rings. The molecule has 2 rings (SSSR count). The molecule has 0 N–H and O–H groups in total. The van der Waals surface area contributed by atoms with E-state index < -0.39 is 0 Å². The van der Waals surface area contributed by atoms with Crippen LogP contribution in [0.15, 0.2) is 0 Å². The van der Waals surface area contributed by atoms with Crippen LogP contribution in [0, 0.1) is 17.8 Å². The van der Waals surface area contributed by atoms with Crippen molar-refractivity contribution in [3.05, 3.63) is 0 Å². The molecule has 1 aliphatic carbocycles. The fourth-order valence-electron chi connectivity index (χ4n) is 3.28. The normalized spacial score (nSPS) is 23.2. The van der Waals surface area contributed by atoms with E-state index in [1.54, 1.807) is 0 Å². The average molecular weight is 247 g/mol. The monoisotopic (exact) mass is 247 g/mol. The summed E-state index contributed by atoms with van der Waals surface area (Å²) in [6, 6.07) is 0. The van der Waals surface area contributed by atoms with E-state index in [0.717, 1.165) is 32.1 Å². The molecule has 1 spiro atoms. The van der Waals surface area contributed by atoms with Gasteiger partial charge in [0, 0.05) is 25.8 Å². The van der Waals surface area contributed by atoms with Crippen LogP contribution in [0.1, 0.15) is 57.8 Å². The van der Waals surface area contributed by atoms with Gasteiger partial charge in [-0.3, -0.25) is 14.5 Å². The standard InChI is InChI=1S/C15H21NO2/c1-2-3-7-10-16-13(17)11-15(12-14(16)18)8-5-4-6-9-15/h1H,3-12H2. The van der Waals surface area contributed by atoms with Crippen LogP contribution in [-0.4, -0.2) is 23.3 Å². The van der Waals surface area contributed by atoms with Crippen molar-refractivity contribution in [3.8, 4) is 12.3 Å². The Morgan fingerprint density at radius 1 is 1.11 bits per heavy atom. The number of rotatable bonds is 3. The molecule has 0 aromatic rings. The first-order valence-electron chi connectivity index (χ1n) is 6.94. The SMILES string of the molecule is C#CCCCN1C(=O)CC2(CCCCC2)CC1=O. The Morgan fingerprint density at radius 2 is 1.72 bits per heavy atom. The van der Waals surface area contributed by atoms with Gasteiger partial charge in [-0.05, 0) is 24.7 Å². The summed E-state index contributed by atoms with van der Waals surface area (Å²) < 4.78 is 0. The molecule has 1 heterocycles. The fourth-order valence-corrected chi connectivity index (χ4v) is 3.28. The molecule has 0 bridgehead atoms. The molecule has 98 valence electrons. The summed E-state index contributed by atoms with van der Waals surface area (Å²) in [4.78, 5) is 25.7. The highest BCUT2D eigenvalue weighted by atomic mass is 16.2. The lowest BCUT2D eigenvalue weighted by atomic mass is 9.67. The van der Waals surface area contributed by atoms with Gasteiger partial charge in [-0.15, -0.1) is 12.3 Å². The zero-order valence-corrected chi connectivity index (χ0v) is 10.9. The topological polar surface area (TPSA) is 37.4 Å². The van der Waals surface area contributed by atoms with Gasteiger partial charge in [-0.2, -0.15) is 0 Å². The summed E-state index contributed by atoms with van der Waals surface area (Å²) >= 11 is 0. The Labute approximate surface area is 109 Å². The maximum absolute atomic E-state index is 12.1. The lowest BCUT2D eigenvalue weighted by molar-refractivity contribution is -0.154. The molecule has 0 unspecified atom stereocenters. The second-order valence-electron chi connectivity index (χ2n) is 5.66. The Bertz CT molecular complexity index is 354. The van der Waals surface area contributed by atoms with Crippen LogP contribution in [0.4, 0.5) is 0 Å². The van der Waals surface area contributed by atoms with Crippen molar-refractivity contribution >= 4 is 11.8 Å². The Hall–Kier alpha value is -1.30. The van der Waals surface area contributed by atoms with Crippen LogP contribution in [0.5, 0.6) is 0 Å². The van der Waals surface area contributed by atoms with Gasteiger partial charge in [0.1, 0.15) is 0 Å². The quantitative estimate of drug-likeness (QED) is 0.436. The van der Waals surface area contributed by atoms with E-state index in [1.807, 2.05) is 0 Å². The molecule has 1 saturated carbocycles. The lowest BCUT2D eigenvalue weighted by Gasteiger charge is -2.42. The van der Waals surface area contributed by atoms with E-state index in [1.165, 1.54) is 11.3 Å². The molecule has 2 amide bonds. The smallest absolute Gasteiger partial charge is 0.229 e. The molecule has 1 saturated heterocycles. The number of likely N-dealkylation sites (tertiary alicyclic amines) is 1. The molecule has 0 aromatic heterocycles. The number of hydrogen-bond donors (Lipinski definition) is 0. The summed E-state index contributed by atoms with van der Waals surface area (Å²) in [6.07, 6.45) is 13.3. The summed E-state index contributed by atoms with van der Waals surface area (Å²) in [5, 5.41) is 0. The third kappa shape index (κ3) is 2.75. The molecule has 3 heteroatoms. The maximum Gasteiger partial charge on any atom is 0.229 e. The molecule has 1 aliphatic heterocycles. The van der Waals surface area contributed by atoms with E-state index in [4.69, 9.17) is 6.42 Å². The summed E-state index contributed by atoms with van der Waals surface area (Å²) in [5.41, 5.74) is -0.00493.